The summed E-state index contributed by atoms with van der Waals surface area (Å²) in [6, 6.07) is 7.20. The average Bonchev–Trinajstić information content (AvgIpc) is 2.81. The summed E-state index contributed by atoms with van der Waals surface area (Å²) in [5.41, 5.74) is 7.46. The summed E-state index contributed by atoms with van der Waals surface area (Å²) in [7, 11) is 1.58. The van der Waals surface area contributed by atoms with Crippen molar-refractivity contribution in [1.29, 1.82) is 0 Å². The van der Waals surface area contributed by atoms with Gasteiger partial charge in [0.25, 0.3) is 5.91 Å². The number of benzene rings is 1. The third-order valence-corrected chi connectivity index (χ3v) is 4.96. The van der Waals surface area contributed by atoms with Crippen molar-refractivity contribution in [1.82, 2.24) is 5.32 Å². The highest BCUT2D eigenvalue weighted by Crippen LogP contribution is 2.31. The Morgan fingerprint density at radius 2 is 1.88 bits per heavy atom. The second kappa shape index (κ2) is 8.09. The molecular weight excluding hydrogens is 358 g/mol. The maximum Gasteiger partial charge on any atom is 0.251 e. The number of carbonyl (C=O) groups is 2. The molecule has 0 radical (unpaired) electrons. The molecule has 2 aromatic rings. The number of thiophene rings is 1. The fourth-order valence-electron chi connectivity index (χ4n) is 2.25. The predicted molar refractivity (Wildman–Crippen MR) is 103 cm³/mol. The Hall–Kier alpha value is -2.45. The molecule has 0 aliphatic rings. The number of hydrogen-bond acceptors (Lipinski definition) is 5. The normalized spacial score (nSPS) is 10.2. The molecule has 1 aromatic heterocycles. The van der Waals surface area contributed by atoms with Crippen LogP contribution in [0, 0.1) is 13.8 Å². The van der Waals surface area contributed by atoms with Gasteiger partial charge in [-0.1, -0.05) is 12.1 Å². The van der Waals surface area contributed by atoms with Crippen LogP contribution in [0.5, 0.6) is 5.75 Å². The molecule has 6 nitrogen and oxygen atoms in total. The Labute approximate surface area is 155 Å². The van der Waals surface area contributed by atoms with E-state index in [-0.39, 0.29) is 17.4 Å². The van der Waals surface area contributed by atoms with E-state index < -0.39 is 5.91 Å². The molecule has 0 saturated heterocycles. The summed E-state index contributed by atoms with van der Waals surface area (Å²) in [4.78, 5) is 24.7. The number of amides is 2. The summed E-state index contributed by atoms with van der Waals surface area (Å²) in [6.07, 6.45) is 0.178. The molecular formula is C17H19N3O3S2. The number of nitrogens with two attached hydrogens (primary N) is 1. The van der Waals surface area contributed by atoms with Crippen molar-refractivity contribution >= 4 is 45.5 Å². The second-order valence-electron chi connectivity index (χ2n) is 5.38. The molecule has 1 heterocycles. The SMILES string of the molecule is COc1ccc(CC(=O)NC(=S)Nc2sc(C)c(C)c2C(N)=O)cc1. The van der Waals surface area contributed by atoms with E-state index in [1.54, 1.807) is 19.2 Å². The van der Waals surface area contributed by atoms with E-state index in [2.05, 4.69) is 10.6 Å². The van der Waals surface area contributed by atoms with Crippen molar-refractivity contribution in [3.05, 3.63) is 45.8 Å². The smallest absolute Gasteiger partial charge is 0.251 e. The highest BCUT2D eigenvalue weighted by molar-refractivity contribution is 7.80. The lowest BCUT2D eigenvalue weighted by Crippen LogP contribution is -2.35. The second-order valence-corrected chi connectivity index (χ2v) is 7.01. The third kappa shape index (κ3) is 4.77. The van der Waals surface area contributed by atoms with Gasteiger partial charge in [-0.25, -0.2) is 0 Å². The Bertz CT molecular complexity index is 813. The number of rotatable bonds is 5. The fourth-order valence-corrected chi connectivity index (χ4v) is 3.60. The number of anilines is 1. The minimum absolute atomic E-state index is 0.127. The quantitative estimate of drug-likeness (QED) is 0.696. The first kappa shape index (κ1) is 18.9. The van der Waals surface area contributed by atoms with Crippen molar-refractivity contribution in [2.24, 2.45) is 5.73 Å². The first-order chi connectivity index (χ1) is 11.8. The Morgan fingerprint density at radius 1 is 1.24 bits per heavy atom. The van der Waals surface area contributed by atoms with Crippen LogP contribution in [0.15, 0.2) is 24.3 Å². The number of hydrogen-bond donors (Lipinski definition) is 3. The molecule has 0 aliphatic carbocycles. The van der Waals surface area contributed by atoms with Crippen LogP contribution in [0.2, 0.25) is 0 Å². The Kier molecular flexibility index (Phi) is 6.11. The summed E-state index contributed by atoms with van der Waals surface area (Å²) in [6.45, 7) is 3.71. The minimum atomic E-state index is -0.531. The average molecular weight is 377 g/mol. The van der Waals surface area contributed by atoms with Gasteiger partial charge in [-0.15, -0.1) is 11.3 Å². The van der Waals surface area contributed by atoms with E-state index >= 15 is 0 Å². The Morgan fingerprint density at radius 3 is 2.44 bits per heavy atom. The minimum Gasteiger partial charge on any atom is -0.497 e. The van der Waals surface area contributed by atoms with Crippen LogP contribution in [0.25, 0.3) is 0 Å². The highest BCUT2D eigenvalue weighted by Gasteiger charge is 2.18. The number of aryl methyl sites for hydroxylation is 1. The maximum atomic E-state index is 12.1. The van der Waals surface area contributed by atoms with Gasteiger partial charge in [0.05, 0.1) is 19.1 Å². The van der Waals surface area contributed by atoms with Crippen LogP contribution < -0.4 is 21.1 Å². The van der Waals surface area contributed by atoms with Crippen molar-refractivity contribution in [2.45, 2.75) is 20.3 Å². The maximum absolute atomic E-state index is 12.1. The third-order valence-electron chi connectivity index (χ3n) is 3.64. The van der Waals surface area contributed by atoms with Gasteiger partial charge in [0.1, 0.15) is 10.8 Å². The van der Waals surface area contributed by atoms with Gasteiger partial charge in [-0.3, -0.25) is 9.59 Å². The number of primary amides is 1. The van der Waals surface area contributed by atoms with Crippen LogP contribution in [0.1, 0.15) is 26.4 Å². The van der Waals surface area contributed by atoms with E-state index in [9.17, 15) is 9.59 Å². The molecule has 4 N–H and O–H groups in total. The zero-order valence-corrected chi connectivity index (χ0v) is 15.8. The highest BCUT2D eigenvalue weighted by atomic mass is 32.1. The van der Waals surface area contributed by atoms with E-state index in [0.717, 1.165) is 21.8 Å². The van der Waals surface area contributed by atoms with Gasteiger partial charge >= 0.3 is 0 Å². The summed E-state index contributed by atoms with van der Waals surface area (Å²) in [5, 5.41) is 6.16. The number of thiocarbonyl (C=S) groups is 1. The first-order valence-electron chi connectivity index (χ1n) is 7.45. The summed E-state index contributed by atoms with van der Waals surface area (Å²) < 4.78 is 5.08. The molecule has 0 saturated carbocycles. The van der Waals surface area contributed by atoms with Crippen LogP contribution in [0.4, 0.5) is 5.00 Å². The zero-order chi connectivity index (χ0) is 18.6. The lowest BCUT2D eigenvalue weighted by molar-refractivity contribution is -0.119. The molecule has 0 aliphatic heterocycles. The molecule has 0 spiro atoms. The molecule has 2 rings (SSSR count). The molecule has 132 valence electrons. The largest absolute Gasteiger partial charge is 0.497 e. The number of carbonyl (C=O) groups excluding carboxylic acids is 2. The molecule has 0 fully saturated rings. The van der Waals surface area contributed by atoms with Crippen LogP contribution in [0.3, 0.4) is 0 Å². The topological polar surface area (TPSA) is 93.4 Å². The van der Waals surface area contributed by atoms with Crippen molar-refractivity contribution in [3.63, 3.8) is 0 Å². The fraction of sp³-hybridized carbons (Fsp3) is 0.235. The summed E-state index contributed by atoms with van der Waals surface area (Å²) >= 11 is 6.53. The van der Waals surface area contributed by atoms with Gasteiger partial charge in [-0.2, -0.15) is 0 Å². The molecule has 25 heavy (non-hydrogen) atoms. The predicted octanol–water partition coefficient (Wildman–Crippen LogP) is 2.53. The molecule has 2 amide bonds. The van der Waals surface area contributed by atoms with Crippen molar-refractivity contribution < 1.29 is 14.3 Å². The summed E-state index contributed by atoms with van der Waals surface area (Å²) in [5.74, 6) is -0.0613. The van der Waals surface area contributed by atoms with Gasteiger partial charge in [0.15, 0.2) is 5.11 Å². The lowest BCUT2D eigenvalue weighted by Gasteiger charge is -2.09. The zero-order valence-electron chi connectivity index (χ0n) is 14.1. The lowest BCUT2D eigenvalue weighted by atomic mass is 10.1. The van der Waals surface area contributed by atoms with E-state index in [1.807, 2.05) is 26.0 Å². The Balaban J connectivity index is 1.99. The molecule has 1 aromatic carbocycles. The molecule has 0 bridgehead atoms. The van der Waals surface area contributed by atoms with Gasteiger partial charge in [0.2, 0.25) is 5.91 Å². The van der Waals surface area contributed by atoms with Gasteiger partial charge < -0.3 is 21.1 Å². The van der Waals surface area contributed by atoms with Crippen LogP contribution in [-0.4, -0.2) is 24.0 Å². The van der Waals surface area contributed by atoms with Crippen molar-refractivity contribution in [3.8, 4) is 5.75 Å². The van der Waals surface area contributed by atoms with Crippen molar-refractivity contribution in [2.75, 3.05) is 12.4 Å². The van der Waals surface area contributed by atoms with E-state index in [0.29, 0.717) is 10.6 Å². The number of nitrogens with one attached hydrogen (secondary N) is 2. The van der Waals surface area contributed by atoms with E-state index in [4.69, 9.17) is 22.7 Å². The van der Waals surface area contributed by atoms with Crippen LogP contribution >= 0.6 is 23.6 Å². The van der Waals surface area contributed by atoms with E-state index in [1.165, 1.54) is 11.3 Å². The molecule has 8 heteroatoms. The van der Waals surface area contributed by atoms with Crippen LogP contribution in [-0.2, 0) is 11.2 Å². The number of methoxy groups -OCH3 is 1. The monoisotopic (exact) mass is 377 g/mol. The van der Waals surface area contributed by atoms with Gasteiger partial charge in [0, 0.05) is 4.88 Å². The molecule has 0 unspecified atom stereocenters. The van der Waals surface area contributed by atoms with Gasteiger partial charge in [-0.05, 0) is 49.3 Å². The molecule has 0 atom stereocenters. The standard InChI is InChI=1S/C17H19N3O3S2/c1-9-10(2)25-16(14(9)15(18)22)20-17(24)19-13(21)8-11-4-6-12(23-3)7-5-11/h4-7H,8H2,1-3H3,(H2,18,22)(H2,19,20,21,24). The number of ether oxygens (including phenoxy) is 1. The first-order valence-corrected chi connectivity index (χ1v) is 8.67.